The number of rotatable bonds is 11. The van der Waals surface area contributed by atoms with Gasteiger partial charge in [-0.3, -0.25) is 4.79 Å². The summed E-state index contributed by atoms with van der Waals surface area (Å²) in [4.78, 5) is 25.2. The van der Waals surface area contributed by atoms with Crippen molar-refractivity contribution in [2.24, 2.45) is 0 Å². The highest BCUT2D eigenvalue weighted by atomic mass is 16.6. The number of ether oxygens (including phenoxy) is 4. The molecule has 1 atom stereocenters. The SMILES string of the molecule is CCOc1cc(C(=O)O[C@@H](C)C(=O)Nc2ccc(CC)cc2)cc(OCC)c1OCC. The van der Waals surface area contributed by atoms with E-state index in [9.17, 15) is 9.59 Å². The van der Waals surface area contributed by atoms with Crippen molar-refractivity contribution < 1.29 is 28.5 Å². The van der Waals surface area contributed by atoms with Gasteiger partial charge in [-0.15, -0.1) is 0 Å². The van der Waals surface area contributed by atoms with Crippen molar-refractivity contribution in [1.82, 2.24) is 0 Å². The summed E-state index contributed by atoms with van der Waals surface area (Å²) in [6.07, 6.45) is -0.0753. The maximum atomic E-state index is 12.7. The first-order chi connectivity index (χ1) is 14.9. The number of hydrogen-bond donors (Lipinski definition) is 1. The Kier molecular flexibility index (Phi) is 9.18. The number of carbonyl (C=O) groups is 2. The standard InChI is InChI=1S/C24H31NO6/c1-6-17-10-12-19(13-11-17)25-23(26)16(5)31-24(27)18-14-20(28-7-2)22(30-9-4)21(15-18)29-8-3/h10-16H,6-9H2,1-5H3,(H,25,26)/t16-/m0/s1. The van der Waals surface area contributed by atoms with Gasteiger partial charge in [-0.2, -0.15) is 0 Å². The molecule has 0 saturated heterocycles. The van der Waals surface area contributed by atoms with Gasteiger partial charge in [0.15, 0.2) is 17.6 Å². The Morgan fingerprint density at radius 2 is 1.42 bits per heavy atom. The van der Waals surface area contributed by atoms with Crippen LogP contribution in [0.1, 0.15) is 50.5 Å². The van der Waals surface area contributed by atoms with Gasteiger partial charge in [-0.25, -0.2) is 4.79 Å². The summed E-state index contributed by atoms with van der Waals surface area (Å²) in [5.41, 5.74) is 2.02. The molecule has 0 spiro atoms. The molecule has 2 aromatic rings. The molecule has 0 aliphatic rings. The van der Waals surface area contributed by atoms with Crippen LogP contribution in [0.4, 0.5) is 5.69 Å². The summed E-state index contributed by atoms with van der Waals surface area (Å²) < 4.78 is 22.3. The summed E-state index contributed by atoms with van der Waals surface area (Å²) in [5, 5.41) is 2.75. The zero-order chi connectivity index (χ0) is 22.8. The first-order valence-electron chi connectivity index (χ1n) is 10.6. The first-order valence-corrected chi connectivity index (χ1v) is 10.6. The van der Waals surface area contributed by atoms with E-state index in [1.807, 2.05) is 45.0 Å². The van der Waals surface area contributed by atoms with Crippen LogP contribution in [0.2, 0.25) is 0 Å². The molecule has 2 rings (SSSR count). The van der Waals surface area contributed by atoms with E-state index in [0.29, 0.717) is 42.8 Å². The number of amides is 1. The van der Waals surface area contributed by atoms with Crippen LogP contribution in [-0.4, -0.2) is 37.8 Å². The second-order valence-corrected chi connectivity index (χ2v) is 6.69. The summed E-state index contributed by atoms with van der Waals surface area (Å²) in [5.74, 6) is 0.127. The van der Waals surface area contributed by atoms with Crippen LogP contribution >= 0.6 is 0 Å². The molecule has 0 aliphatic heterocycles. The molecule has 0 radical (unpaired) electrons. The molecule has 168 valence electrons. The van der Waals surface area contributed by atoms with Crippen LogP contribution < -0.4 is 19.5 Å². The quantitative estimate of drug-likeness (QED) is 0.525. The minimum Gasteiger partial charge on any atom is -0.490 e. The molecule has 2 aromatic carbocycles. The van der Waals surface area contributed by atoms with Crippen molar-refractivity contribution in [2.75, 3.05) is 25.1 Å². The summed E-state index contributed by atoms with van der Waals surface area (Å²) in [6, 6.07) is 10.6. The summed E-state index contributed by atoms with van der Waals surface area (Å²) >= 11 is 0. The maximum absolute atomic E-state index is 12.7. The highest BCUT2D eigenvalue weighted by molar-refractivity contribution is 5.97. The van der Waals surface area contributed by atoms with Gasteiger partial charge in [0.2, 0.25) is 5.75 Å². The fraction of sp³-hybridized carbons (Fsp3) is 0.417. The summed E-state index contributed by atoms with van der Waals surface area (Å²) in [6.45, 7) is 10.3. The number of anilines is 1. The Bertz CT molecular complexity index is 851. The Balaban J connectivity index is 2.15. The molecule has 0 fully saturated rings. The lowest BCUT2D eigenvalue weighted by Gasteiger charge is -2.18. The van der Waals surface area contributed by atoms with E-state index in [1.54, 1.807) is 0 Å². The van der Waals surface area contributed by atoms with Gasteiger partial charge >= 0.3 is 5.97 Å². The lowest BCUT2D eigenvalue weighted by atomic mass is 10.1. The van der Waals surface area contributed by atoms with Gasteiger partial charge in [0, 0.05) is 5.69 Å². The second-order valence-electron chi connectivity index (χ2n) is 6.69. The number of hydrogen-bond acceptors (Lipinski definition) is 6. The number of aryl methyl sites for hydroxylation is 1. The zero-order valence-corrected chi connectivity index (χ0v) is 18.8. The van der Waals surface area contributed by atoms with Gasteiger partial charge in [0.1, 0.15) is 0 Å². The number of benzene rings is 2. The number of esters is 1. The Hall–Kier alpha value is -3.22. The van der Waals surface area contributed by atoms with Crippen molar-refractivity contribution in [3.8, 4) is 17.2 Å². The lowest BCUT2D eigenvalue weighted by molar-refractivity contribution is -0.123. The van der Waals surface area contributed by atoms with Crippen LogP contribution in [0, 0.1) is 0 Å². The van der Waals surface area contributed by atoms with Gasteiger partial charge in [-0.1, -0.05) is 19.1 Å². The smallest absolute Gasteiger partial charge is 0.339 e. The van der Waals surface area contributed by atoms with E-state index in [-0.39, 0.29) is 5.56 Å². The van der Waals surface area contributed by atoms with E-state index in [1.165, 1.54) is 24.6 Å². The first kappa shape index (κ1) is 24.1. The largest absolute Gasteiger partial charge is 0.490 e. The monoisotopic (exact) mass is 429 g/mol. The highest BCUT2D eigenvalue weighted by Gasteiger charge is 2.23. The lowest BCUT2D eigenvalue weighted by Crippen LogP contribution is -2.30. The van der Waals surface area contributed by atoms with Crippen LogP contribution in [0.3, 0.4) is 0 Å². The second kappa shape index (κ2) is 11.8. The van der Waals surface area contributed by atoms with Crippen molar-refractivity contribution >= 4 is 17.6 Å². The van der Waals surface area contributed by atoms with Gasteiger partial charge in [0.25, 0.3) is 5.91 Å². The average Bonchev–Trinajstić information content (AvgIpc) is 2.76. The van der Waals surface area contributed by atoms with Crippen LogP contribution in [0.25, 0.3) is 0 Å². The van der Waals surface area contributed by atoms with Gasteiger partial charge in [-0.05, 0) is 63.9 Å². The minimum absolute atomic E-state index is 0.210. The number of nitrogens with one attached hydrogen (secondary N) is 1. The molecule has 31 heavy (non-hydrogen) atoms. The molecule has 0 aromatic heterocycles. The third-order valence-electron chi connectivity index (χ3n) is 4.43. The van der Waals surface area contributed by atoms with E-state index in [2.05, 4.69) is 12.2 Å². The normalized spacial score (nSPS) is 11.4. The van der Waals surface area contributed by atoms with Crippen LogP contribution in [0.15, 0.2) is 36.4 Å². The molecular weight excluding hydrogens is 398 g/mol. The van der Waals surface area contributed by atoms with E-state index in [0.717, 1.165) is 6.42 Å². The molecular formula is C24H31NO6. The zero-order valence-electron chi connectivity index (χ0n) is 18.8. The predicted octanol–water partition coefficient (Wildman–Crippen LogP) is 4.63. The molecule has 0 bridgehead atoms. The van der Waals surface area contributed by atoms with Gasteiger partial charge in [0.05, 0.1) is 25.4 Å². The third-order valence-corrected chi connectivity index (χ3v) is 4.43. The van der Waals surface area contributed by atoms with Crippen molar-refractivity contribution in [1.29, 1.82) is 0 Å². The van der Waals surface area contributed by atoms with Crippen molar-refractivity contribution in [3.05, 3.63) is 47.5 Å². The number of carbonyl (C=O) groups excluding carboxylic acids is 2. The highest BCUT2D eigenvalue weighted by Crippen LogP contribution is 2.39. The maximum Gasteiger partial charge on any atom is 0.339 e. The molecule has 1 amide bonds. The van der Waals surface area contributed by atoms with E-state index < -0.39 is 18.0 Å². The molecule has 0 aliphatic carbocycles. The van der Waals surface area contributed by atoms with Crippen LogP contribution in [-0.2, 0) is 16.0 Å². The molecule has 0 saturated carbocycles. The van der Waals surface area contributed by atoms with E-state index >= 15 is 0 Å². The fourth-order valence-corrected chi connectivity index (χ4v) is 2.86. The molecule has 7 nitrogen and oxygen atoms in total. The van der Waals surface area contributed by atoms with E-state index in [4.69, 9.17) is 18.9 Å². The molecule has 0 heterocycles. The Morgan fingerprint density at radius 3 is 1.90 bits per heavy atom. The Labute approximate surface area is 183 Å². The molecule has 7 heteroatoms. The van der Waals surface area contributed by atoms with Gasteiger partial charge < -0.3 is 24.3 Å². The van der Waals surface area contributed by atoms with Crippen molar-refractivity contribution in [2.45, 2.75) is 47.1 Å². The predicted molar refractivity (Wildman–Crippen MR) is 119 cm³/mol. The minimum atomic E-state index is -0.990. The molecule has 0 unspecified atom stereocenters. The fourth-order valence-electron chi connectivity index (χ4n) is 2.86. The van der Waals surface area contributed by atoms with Crippen LogP contribution in [0.5, 0.6) is 17.2 Å². The third kappa shape index (κ3) is 6.64. The van der Waals surface area contributed by atoms with Crippen molar-refractivity contribution in [3.63, 3.8) is 0 Å². The topological polar surface area (TPSA) is 83.1 Å². The summed E-state index contributed by atoms with van der Waals surface area (Å²) in [7, 11) is 0. The Morgan fingerprint density at radius 1 is 0.871 bits per heavy atom. The molecule has 1 N–H and O–H groups in total. The average molecular weight is 430 g/mol.